The van der Waals surface area contributed by atoms with Crippen LogP contribution in [0.3, 0.4) is 0 Å². The zero-order chi connectivity index (χ0) is 50.1. The number of aliphatic imine (C=N–C) groups is 1. The van der Waals surface area contributed by atoms with Gasteiger partial charge in [-0.25, -0.2) is 4.98 Å². The number of hydrogen-bond donors (Lipinski definition) is 3. The predicted molar refractivity (Wildman–Crippen MR) is 252 cm³/mol. The highest BCUT2D eigenvalue weighted by Gasteiger charge is 2.46. The minimum Gasteiger partial charge on any atom is -0.478 e. The number of amides is 6. The van der Waals surface area contributed by atoms with Gasteiger partial charge in [0, 0.05) is 74.8 Å². The molecule has 0 aliphatic carbocycles. The maximum absolute atomic E-state index is 13.5. The number of ether oxygens (including phenoxy) is 2. The van der Waals surface area contributed by atoms with Crippen molar-refractivity contribution in [3.8, 4) is 5.88 Å². The molecule has 2 aromatic carbocycles. The first kappa shape index (κ1) is 50.3. The van der Waals surface area contributed by atoms with E-state index in [0.29, 0.717) is 58.2 Å². The van der Waals surface area contributed by atoms with Crippen LogP contribution in [0.5, 0.6) is 5.88 Å². The number of nitrogens with zero attached hydrogens (tertiary/aromatic N) is 7. The summed E-state index contributed by atoms with van der Waals surface area (Å²) >= 11 is 0. The Kier molecular flexibility index (Phi) is 15.8. The van der Waals surface area contributed by atoms with Gasteiger partial charge in [-0.2, -0.15) is 13.2 Å². The number of pyridine rings is 1. The zero-order valence-corrected chi connectivity index (χ0v) is 39.3. The number of piperidine rings is 1. The number of hydrogen-bond acceptors (Lipinski definition) is 13. The van der Waals surface area contributed by atoms with Crippen LogP contribution < -0.4 is 20.7 Å². The Morgan fingerprint density at radius 3 is 2.51 bits per heavy atom. The summed E-state index contributed by atoms with van der Waals surface area (Å²) in [6.45, 7) is 4.82. The van der Waals surface area contributed by atoms with Crippen molar-refractivity contribution in [2.75, 3.05) is 38.2 Å². The minimum atomic E-state index is -4.59. The van der Waals surface area contributed by atoms with Crippen molar-refractivity contribution in [3.63, 3.8) is 0 Å². The van der Waals surface area contributed by atoms with Crippen molar-refractivity contribution in [1.82, 2.24) is 40.4 Å². The van der Waals surface area contributed by atoms with Gasteiger partial charge in [0.25, 0.3) is 17.7 Å². The van der Waals surface area contributed by atoms with Crippen LogP contribution in [0.2, 0.25) is 0 Å². The number of morpholine rings is 1. The number of carbonyl (C=O) groups excluding carboxylic acids is 6. The SMILES string of the molecule is CC1=C(c2ccc(OCCCCCCc3cn(CCCCCC(=O)Nc4cccc5c4C(=O)N(C4CCC(=O)NC4=O)C5=O)nn3)nc2)CC(NC(=O)c2cccc(C(F)(F)F)c2)(N2CCOCC2)C=N1. The molecule has 0 spiro atoms. The van der Waals surface area contributed by atoms with Gasteiger partial charge in [0.2, 0.25) is 23.6 Å². The lowest BCUT2D eigenvalue weighted by molar-refractivity contribution is -0.138. The van der Waals surface area contributed by atoms with E-state index in [1.54, 1.807) is 35.3 Å². The second-order valence-corrected chi connectivity index (χ2v) is 18.0. The van der Waals surface area contributed by atoms with E-state index in [2.05, 4.69) is 36.2 Å². The standard InChI is InChI=1S/C50H55F3N10O8/c1-32-38(28-49(31-55-32,61-22-25-70-26-23-61)58-45(66)33-11-9-12-35(27-33)50(51,52)53)34-17-20-43(54-29-34)71-24-8-3-2-5-13-36-30-62(60-59-36)21-7-4-6-16-41(64)56-39-15-10-14-37-44(39)48(69)63(47(37)68)40-18-19-42(65)57-46(40)67/h9-12,14-15,17,20,27,29-31,40H,2-8,13,16,18-19,21-26,28H2,1H3,(H,56,64)(H,58,66)(H,57,65,67). The van der Waals surface area contributed by atoms with E-state index in [1.165, 1.54) is 18.2 Å². The molecule has 6 heterocycles. The van der Waals surface area contributed by atoms with Crippen molar-refractivity contribution in [2.24, 2.45) is 4.99 Å². The van der Waals surface area contributed by atoms with Crippen LogP contribution in [0.1, 0.15) is 125 Å². The quantitative estimate of drug-likeness (QED) is 0.0672. The lowest BCUT2D eigenvalue weighted by atomic mass is 9.90. The maximum Gasteiger partial charge on any atom is 0.416 e. The van der Waals surface area contributed by atoms with Crippen molar-refractivity contribution in [3.05, 3.63) is 106 Å². The van der Waals surface area contributed by atoms with Crippen LogP contribution in [-0.4, -0.2) is 116 Å². The molecule has 71 heavy (non-hydrogen) atoms. The molecule has 2 unspecified atom stereocenters. The van der Waals surface area contributed by atoms with E-state index in [9.17, 15) is 41.9 Å². The number of aryl methyl sites for hydroxylation is 2. The molecule has 2 saturated heterocycles. The molecule has 18 nitrogen and oxygen atoms in total. The Labute approximate surface area is 407 Å². The first-order chi connectivity index (χ1) is 34.2. The van der Waals surface area contributed by atoms with Gasteiger partial charge in [0.15, 0.2) is 0 Å². The number of imide groups is 2. The fourth-order valence-corrected chi connectivity index (χ4v) is 9.17. The summed E-state index contributed by atoms with van der Waals surface area (Å²) in [5, 5.41) is 16.5. The van der Waals surface area contributed by atoms with Crippen LogP contribution in [0, 0.1) is 0 Å². The van der Waals surface area contributed by atoms with Crippen LogP contribution >= 0.6 is 0 Å². The molecule has 2 atom stereocenters. The van der Waals surface area contributed by atoms with E-state index < -0.39 is 53.0 Å². The van der Waals surface area contributed by atoms with E-state index in [-0.39, 0.29) is 47.5 Å². The molecule has 3 N–H and O–H groups in total. The first-order valence-electron chi connectivity index (χ1n) is 23.9. The first-order valence-corrected chi connectivity index (χ1v) is 23.9. The van der Waals surface area contributed by atoms with Crippen LogP contribution in [0.15, 0.2) is 77.7 Å². The van der Waals surface area contributed by atoms with Gasteiger partial charge in [-0.1, -0.05) is 36.6 Å². The second-order valence-electron chi connectivity index (χ2n) is 18.0. The number of alkyl halides is 3. The predicted octanol–water partition coefficient (Wildman–Crippen LogP) is 6.14. The van der Waals surface area contributed by atoms with Gasteiger partial charge >= 0.3 is 6.18 Å². The van der Waals surface area contributed by atoms with Crippen molar-refractivity contribution in [1.29, 1.82) is 0 Å². The van der Waals surface area contributed by atoms with E-state index in [0.717, 1.165) is 84.5 Å². The van der Waals surface area contributed by atoms with Gasteiger partial charge in [0.05, 0.1) is 47.9 Å². The summed E-state index contributed by atoms with van der Waals surface area (Å²) < 4.78 is 53.8. The lowest BCUT2D eigenvalue weighted by Gasteiger charge is -2.45. The molecule has 6 amide bonds. The Balaban J connectivity index is 0.719. The molecule has 8 rings (SSSR count). The molecular formula is C50H55F3N10O8. The summed E-state index contributed by atoms with van der Waals surface area (Å²) in [4.78, 5) is 89.0. The Bertz CT molecular complexity index is 2720. The highest BCUT2D eigenvalue weighted by atomic mass is 19.4. The monoisotopic (exact) mass is 980 g/mol. The fourth-order valence-electron chi connectivity index (χ4n) is 9.17. The highest BCUT2D eigenvalue weighted by Crippen LogP contribution is 2.36. The Morgan fingerprint density at radius 1 is 0.944 bits per heavy atom. The average Bonchev–Trinajstić information content (AvgIpc) is 3.92. The molecule has 0 radical (unpaired) electrons. The van der Waals surface area contributed by atoms with Gasteiger partial charge < -0.3 is 20.1 Å². The van der Waals surface area contributed by atoms with Gasteiger partial charge in [-0.15, -0.1) is 5.10 Å². The smallest absolute Gasteiger partial charge is 0.416 e. The summed E-state index contributed by atoms with van der Waals surface area (Å²) in [5.41, 5.74) is 1.47. The number of anilines is 1. The summed E-state index contributed by atoms with van der Waals surface area (Å²) in [6, 6.07) is 11.5. The molecular weight excluding hydrogens is 926 g/mol. The number of carbonyl (C=O) groups is 6. The molecule has 2 aromatic heterocycles. The molecule has 21 heteroatoms. The number of nitrogens with one attached hydrogen (secondary N) is 3. The van der Waals surface area contributed by atoms with Gasteiger partial charge in [-0.3, -0.25) is 53.6 Å². The van der Waals surface area contributed by atoms with Crippen LogP contribution in [-0.2, 0) is 38.3 Å². The third-order valence-corrected chi connectivity index (χ3v) is 13.0. The van der Waals surface area contributed by atoms with Crippen LogP contribution in [0.25, 0.3) is 5.57 Å². The Hall–Kier alpha value is -7.13. The molecule has 4 aliphatic heterocycles. The van der Waals surface area contributed by atoms with Gasteiger partial charge in [0.1, 0.15) is 11.7 Å². The molecule has 0 saturated carbocycles. The second kappa shape index (κ2) is 22.3. The number of allylic oxidation sites excluding steroid dienone is 1. The largest absolute Gasteiger partial charge is 0.478 e. The zero-order valence-electron chi connectivity index (χ0n) is 39.3. The summed E-state index contributed by atoms with van der Waals surface area (Å²) in [7, 11) is 0. The topological polar surface area (TPSA) is 219 Å². The van der Waals surface area contributed by atoms with Crippen molar-refractivity contribution in [2.45, 2.75) is 108 Å². The van der Waals surface area contributed by atoms with E-state index in [4.69, 9.17) is 9.47 Å². The minimum absolute atomic E-state index is 0.0130. The van der Waals surface area contributed by atoms with E-state index in [1.807, 2.05) is 24.1 Å². The summed E-state index contributed by atoms with van der Waals surface area (Å²) in [5.74, 6) is -2.96. The molecule has 4 aromatic rings. The lowest BCUT2D eigenvalue weighted by Crippen LogP contribution is -2.65. The number of rotatable bonds is 20. The number of aromatic nitrogens is 4. The maximum atomic E-state index is 13.5. The Morgan fingerprint density at radius 2 is 1.73 bits per heavy atom. The molecule has 2 fully saturated rings. The number of fused-ring (bicyclic) bond motifs is 1. The molecule has 0 bridgehead atoms. The van der Waals surface area contributed by atoms with Crippen LogP contribution in [0.4, 0.5) is 18.9 Å². The van der Waals surface area contributed by atoms with Gasteiger partial charge in [-0.05, 0) is 93.0 Å². The molecule has 4 aliphatic rings. The number of benzene rings is 2. The van der Waals surface area contributed by atoms with E-state index >= 15 is 0 Å². The van der Waals surface area contributed by atoms with Crippen molar-refractivity contribution >= 4 is 52.9 Å². The highest BCUT2D eigenvalue weighted by molar-refractivity contribution is 6.26. The fraction of sp³-hybridized carbons (Fsp3) is 0.440. The molecule has 374 valence electrons. The average molecular weight is 981 g/mol. The van der Waals surface area contributed by atoms with Crippen molar-refractivity contribution < 1.29 is 51.4 Å². The normalized spacial score (nSPS) is 19.5. The summed E-state index contributed by atoms with van der Waals surface area (Å²) in [6.07, 6.45) is 7.87. The number of unbranched alkanes of at least 4 members (excludes halogenated alkanes) is 5. The third-order valence-electron chi connectivity index (χ3n) is 13.0. The number of halogens is 3. The third kappa shape index (κ3) is 12.1.